The fraction of sp³-hybridized carbons (Fsp3) is 0.250. The maximum absolute atomic E-state index is 4.81. The number of aromatic nitrogens is 1. The Balaban J connectivity index is 2.39. The molecule has 0 radical (unpaired) electrons. The predicted molar refractivity (Wildman–Crippen MR) is 85.3 cm³/mol. The van der Waals surface area contributed by atoms with Crippen LogP contribution in [0.3, 0.4) is 0 Å². The van der Waals surface area contributed by atoms with Crippen molar-refractivity contribution in [3.63, 3.8) is 0 Å². The number of nitrogens with zero attached hydrogens (tertiary/aromatic N) is 1. The van der Waals surface area contributed by atoms with Gasteiger partial charge in [-0.2, -0.15) is 0 Å². The number of fused-ring (bicyclic) bond motifs is 2. The summed E-state index contributed by atoms with van der Waals surface area (Å²) in [5, 5.41) is 4.40. The zero-order valence-electron chi connectivity index (χ0n) is 12.2. The second-order valence-corrected chi connectivity index (χ2v) is 6.07. The second kappa shape index (κ2) is 4.87. The van der Waals surface area contributed by atoms with E-state index in [-0.39, 0.29) is 0 Å². The van der Waals surface area contributed by atoms with E-state index in [1.54, 1.807) is 11.3 Å². The van der Waals surface area contributed by atoms with E-state index in [0.717, 1.165) is 22.3 Å². The smallest absolute Gasteiger partial charge is 0.202 e. The van der Waals surface area contributed by atoms with Gasteiger partial charge in [-0.1, -0.05) is 0 Å². The molecule has 0 saturated heterocycles. The van der Waals surface area contributed by atoms with E-state index in [9.17, 15) is 0 Å². The summed E-state index contributed by atoms with van der Waals surface area (Å²) < 4.78 is 1.21. The quantitative estimate of drug-likeness (QED) is 0.667. The normalized spacial score (nSPS) is 12.3. The maximum atomic E-state index is 4.81. The minimum Gasteiger partial charge on any atom is -0.388 e. The average molecular weight is 284 g/mol. The van der Waals surface area contributed by atoms with Gasteiger partial charge in [0.25, 0.3) is 0 Å². The van der Waals surface area contributed by atoms with E-state index in [1.807, 2.05) is 14.1 Å². The summed E-state index contributed by atoms with van der Waals surface area (Å²) in [6.07, 6.45) is 0. The molecule has 0 fully saturated rings. The molecule has 1 aliphatic carbocycles. The summed E-state index contributed by atoms with van der Waals surface area (Å²) >= 11 is 1.79. The number of benzene rings is 2. The SMILES string of the molecule is CNc1cc2sc3cc(=[NH+]C)c(C)cc-3nc2cc1C. The van der Waals surface area contributed by atoms with Crippen molar-refractivity contribution < 1.29 is 4.99 Å². The summed E-state index contributed by atoms with van der Waals surface area (Å²) in [6, 6.07) is 8.66. The van der Waals surface area contributed by atoms with Gasteiger partial charge in [-0.05, 0) is 37.6 Å². The minimum absolute atomic E-state index is 1.07. The lowest BCUT2D eigenvalue weighted by atomic mass is 10.1. The Hall–Kier alpha value is -1.94. The van der Waals surface area contributed by atoms with Crippen molar-refractivity contribution >= 4 is 27.2 Å². The molecule has 1 aliphatic heterocycles. The summed E-state index contributed by atoms with van der Waals surface area (Å²) in [7, 11) is 3.91. The molecule has 0 aromatic heterocycles. The summed E-state index contributed by atoms with van der Waals surface area (Å²) in [6.45, 7) is 4.22. The highest BCUT2D eigenvalue weighted by Gasteiger charge is 2.11. The maximum Gasteiger partial charge on any atom is 0.202 e. The fourth-order valence-electron chi connectivity index (χ4n) is 2.47. The van der Waals surface area contributed by atoms with Crippen molar-refractivity contribution in [2.75, 3.05) is 19.4 Å². The van der Waals surface area contributed by atoms with E-state index in [4.69, 9.17) is 4.98 Å². The van der Waals surface area contributed by atoms with Gasteiger partial charge in [-0.3, -0.25) is 0 Å². The molecule has 3 nitrogen and oxygen atoms in total. The lowest BCUT2D eigenvalue weighted by Gasteiger charge is -2.10. The van der Waals surface area contributed by atoms with Gasteiger partial charge in [-0.25, -0.2) is 9.98 Å². The van der Waals surface area contributed by atoms with Crippen LogP contribution in [0.25, 0.3) is 20.8 Å². The molecule has 1 heterocycles. The molecule has 0 unspecified atom stereocenters. The largest absolute Gasteiger partial charge is 0.388 e. The molecule has 102 valence electrons. The Kier molecular flexibility index (Phi) is 3.18. The van der Waals surface area contributed by atoms with Gasteiger partial charge in [0, 0.05) is 24.4 Å². The van der Waals surface area contributed by atoms with Gasteiger partial charge in [0.1, 0.15) is 7.05 Å². The van der Waals surface area contributed by atoms with Gasteiger partial charge in [-0.15, -0.1) is 11.3 Å². The van der Waals surface area contributed by atoms with Crippen LogP contribution in [0.2, 0.25) is 0 Å². The molecule has 1 aromatic carbocycles. The van der Waals surface area contributed by atoms with E-state index in [1.165, 1.54) is 20.7 Å². The van der Waals surface area contributed by atoms with Gasteiger partial charge in [0.15, 0.2) is 0 Å². The molecule has 0 spiro atoms. The zero-order chi connectivity index (χ0) is 14.3. The summed E-state index contributed by atoms with van der Waals surface area (Å²) in [5.74, 6) is 0. The third-order valence-electron chi connectivity index (χ3n) is 3.61. The van der Waals surface area contributed by atoms with Crippen LogP contribution in [-0.4, -0.2) is 19.1 Å². The monoisotopic (exact) mass is 284 g/mol. The molecule has 0 amide bonds. The number of aryl methyl sites for hydroxylation is 2. The predicted octanol–water partition coefficient (Wildman–Crippen LogP) is 1.67. The third kappa shape index (κ3) is 2.06. The zero-order valence-corrected chi connectivity index (χ0v) is 13.0. The Morgan fingerprint density at radius 2 is 1.90 bits per heavy atom. The van der Waals surface area contributed by atoms with Crippen molar-refractivity contribution in [3.05, 3.63) is 40.7 Å². The van der Waals surface area contributed by atoms with Gasteiger partial charge < -0.3 is 5.32 Å². The van der Waals surface area contributed by atoms with Crippen molar-refractivity contribution in [1.82, 2.24) is 4.98 Å². The van der Waals surface area contributed by atoms with Crippen LogP contribution in [-0.2, 0) is 0 Å². The summed E-state index contributed by atoms with van der Waals surface area (Å²) in [5.41, 5.74) is 5.74. The Morgan fingerprint density at radius 3 is 2.60 bits per heavy atom. The van der Waals surface area contributed by atoms with Crippen molar-refractivity contribution in [2.24, 2.45) is 0 Å². The van der Waals surface area contributed by atoms with Crippen LogP contribution in [0.1, 0.15) is 11.1 Å². The van der Waals surface area contributed by atoms with E-state index < -0.39 is 0 Å². The fourth-order valence-corrected chi connectivity index (χ4v) is 3.48. The van der Waals surface area contributed by atoms with Gasteiger partial charge in [0.05, 0.1) is 20.8 Å². The lowest BCUT2D eigenvalue weighted by molar-refractivity contribution is -0.466. The standard InChI is InChI=1S/C16H17N3S/c1-9-5-13-15(7-11(9)17-3)20-16-8-12(18-4)10(2)6-14(16)19-13/h5-8,17H,1-4H3/p+1. The van der Waals surface area contributed by atoms with Crippen LogP contribution in [0.4, 0.5) is 5.69 Å². The van der Waals surface area contributed by atoms with Crippen LogP contribution < -0.4 is 15.7 Å². The molecule has 0 atom stereocenters. The lowest BCUT2D eigenvalue weighted by Crippen LogP contribution is -2.72. The number of hydrogen-bond donors (Lipinski definition) is 2. The van der Waals surface area contributed by atoms with Crippen molar-refractivity contribution in [2.45, 2.75) is 13.8 Å². The Labute approximate surface area is 122 Å². The molecular weight excluding hydrogens is 266 g/mol. The third-order valence-corrected chi connectivity index (χ3v) is 4.71. The first-order valence-corrected chi connectivity index (χ1v) is 7.48. The van der Waals surface area contributed by atoms with Crippen LogP contribution >= 0.6 is 11.3 Å². The highest BCUT2D eigenvalue weighted by molar-refractivity contribution is 7.21. The molecule has 0 saturated carbocycles. The summed E-state index contributed by atoms with van der Waals surface area (Å²) in [4.78, 5) is 9.25. The van der Waals surface area contributed by atoms with Crippen LogP contribution in [0, 0.1) is 13.8 Å². The number of rotatable bonds is 1. The van der Waals surface area contributed by atoms with Crippen molar-refractivity contribution in [3.8, 4) is 10.6 Å². The molecular formula is C16H18N3S+. The molecule has 2 aliphatic rings. The van der Waals surface area contributed by atoms with E-state index in [0.29, 0.717) is 0 Å². The molecule has 20 heavy (non-hydrogen) atoms. The molecule has 0 bridgehead atoms. The second-order valence-electron chi connectivity index (χ2n) is 4.98. The highest BCUT2D eigenvalue weighted by Crippen LogP contribution is 2.32. The van der Waals surface area contributed by atoms with Gasteiger partial charge >= 0.3 is 0 Å². The Bertz CT molecular complexity index is 833. The molecule has 2 N–H and O–H groups in total. The first kappa shape index (κ1) is 13.1. The highest BCUT2D eigenvalue weighted by atomic mass is 32.1. The topological polar surface area (TPSA) is 38.9 Å². The number of hydrogen-bond acceptors (Lipinski definition) is 3. The average Bonchev–Trinajstić information content (AvgIpc) is 2.44. The number of anilines is 1. The van der Waals surface area contributed by atoms with Crippen LogP contribution in [0.5, 0.6) is 0 Å². The first-order valence-electron chi connectivity index (χ1n) is 6.66. The molecule has 1 aromatic rings. The van der Waals surface area contributed by atoms with Gasteiger partial charge in [0.2, 0.25) is 5.36 Å². The van der Waals surface area contributed by atoms with Crippen LogP contribution in [0.15, 0.2) is 24.3 Å². The van der Waals surface area contributed by atoms with Crippen molar-refractivity contribution in [1.29, 1.82) is 0 Å². The number of nitrogens with one attached hydrogen (secondary N) is 2. The van der Waals surface area contributed by atoms with E-state index >= 15 is 0 Å². The molecule has 3 rings (SSSR count). The van der Waals surface area contributed by atoms with E-state index in [2.05, 4.69) is 48.4 Å². The molecule has 4 heteroatoms. The Morgan fingerprint density at radius 1 is 1.10 bits per heavy atom. The first-order chi connectivity index (χ1) is 9.62. The minimum atomic E-state index is 1.07.